The summed E-state index contributed by atoms with van der Waals surface area (Å²) >= 11 is 3.52. The largest absolute Gasteiger partial charge is 0.376 e. The van der Waals surface area contributed by atoms with Gasteiger partial charge in [-0.1, -0.05) is 24.3 Å². The van der Waals surface area contributed by atoms with Crippen LogP contribution in [0.5, 0.6) is 0 Å². The molecule has 126 valence electrons. The minimum absolute atomic E-state index is 0.221. The smallest absolute Gasteiger partial charge is 0.0884 e. The van der Waals surface area contributed by atoms with Crippen LogP contribution >= 0.6 is 15.9 Å². The van der Waals surface area contributed by atoms with Crippen LogP contribution < -0.4 is 5.32 Å². The van der Waals surface area contributed by atoms with Crippen molar-refractivity contribution in [2.24, 2.45) is 5.41 Å². The number of ether oxygens (including phenoxy) is 1. The van der Waals surface area contributed by atoms with Crippen LogP contribution in [0.2, 0.25) is 0 Å². The summed E-state index contributed by atoms with van der Waals surface area (Å²) in [5, 5.41) is 3.71. The first-order chi connectivity index (χ1) is 11.7. The predicted octanol–water partition coefficient (Wildman–Crippen LogP) is 4.07. The van der Waals surface area contributed by atoms with E-state index in [2.05, 4.69) is 56.6 Å². The van der Waals surface area contributed by atoms with E-state index in [0.717, 1.165) is 30.3 Å². The van der Waals surface area contributed by atoms with Crippen molar-refractivity contribution < 1.29 is 4.74 Å². The van der Waals surface area contributed by atoms with Crippen LogP contribution in [0.25, 0.3) is 0 Å². The van der Waals surface area contributed by atoms with Gasteiger partial charge in [-0.15, -0.1) is 0 Å². The van der Waals surface area contributed by atoms with Gasteiger partial charge in [0.1, 0.15) is 0 Å². The Morgan fingerprint density at radius 3 is 3.04 bits per heavy atom. The fourth-order valence-corrected chi connectivity index (χ4v) is 5.13. The first-order valence-corrected chi connectivity index (χ1v) is 9.43. The molecule has 24 heavy (non-hydrogen) atoms. The molecule has 1 saturated heterocycles. The van der Waals surface area contributed by atoms with Crippen LogP contribution in [0.15, 0.2) is 47.2 Å². The summed E-state index contributed by atoms with van der Waals surface area (Å²) in [5.74, 6) is 0. The SMILES string of the molecule is CO[C@H]1c2ccccc2CC12CCN[C@H](Cc1cncc(Br)c1)C2. The molecule has 1 aromatic carbocycles. The van der Waals surface area contributed by atoms with Crippen molar-refractivity contribution in [2.75, 3.05) is 13.7 Å². The molecule has 4 rings (SSSR count). The summed E-state index contributed by atoms with van der Waals surface area (Å²) in [5.41, 5.74) is 4.37. The van der Waals surface area contributed by atoms with Crippen molar-refractivity contribution in [3.8, 4) is 0 Å². The summed E-state index contributed by atoms with van der Waals surface area (Å²) < 4.78 is 7.05. The number of hydrogen-bond donors (Lipinski definition) is 1. The molecule has 1 fully saturated rings. The standard InChI is InChI=1S/C20H23BrN2O/c1-24-19-18-5-3-2-4-15(18)10-20(19)6-7-23-17(11-20)9-14-8-16(21)13-22-12-14/h2-5,8,12-13,17,19,23H,6-7,9-11H2,1H3/t17-,19+,20?/m1/s1. The first kappa shape index (κ1) is 16.2. The third kappa shape index (κ3) is 2.92. The van der Waals surface area contributed by atoms with Crippen LogP contribution in [0.1, 0.15) is 35.6 Å². The maximum absolute atomic E-state index is 6.00. The van der Waals surface area contributed by atoms with E-state index in [0.29, 0.717) is 6.04 Å². The third-order valence-corrected chi connectivity index (χ3v) is 6.06. The van der Waals surface area contributed by atoms with Crippen LogP contribution in [0.3, 0.4) is 0 Å². The average molecular weight is 387 g/mol. The molecule has 0 bridgehead atoms. The van der Waals surface area contributed by atoms with Gasteiger partial charge in [0.15, 0.2) is 0 Å². The second kappa shape index (κ2) is 6.58. The summed E-state index contributed by atoms with van der Waals surface area (Å²) in [6, 6.07) is 11.4. The Hall–Kier alpha value is -1.23. The Morgan fingerprint density at radius 2 is 2.21 bits per heavy atom. The number of nitrogens with one attached hydrogen (secondary N) is 1. The Balaban J connectivity index is 1.56. The number of piperidine rings is 1. The van der Waals surface area contributed by atoms with Gasteiger partial charge in [0.2, 0.25) is 0 Å². The molecule has 3 atom stereocenters. The van der Waals surface area contributed by atoms with Crippen molar-refractivity contribution >= 4 is 15.9 Å². The van der Waals surface area contributed by atoms with E-state index in [9.17, 15) is 0 Å². The third-order valence-electron chi connectivity index (χ3n) is 5.62. The molecule has 2 heterocycles. The van der Waals surface area contributed by atoms with Gasteiger partial charge in [-0.05, 0) is 70.9 Å². The van der Waals surface area contributed by atoms with Gasteiger partial charge in [0.25, 0.3) is 0 Å². The normalized spacial score (nSPS) is 28.9. The number of pyridine rings is 1. The number of nitrogens with zero attached hydrogens (tertiary/aromatic N) is 1. The van der Waals surface area contributed by atoms with E-state index in [4.69, 9.17) is 4.74 Å². The monoisotopic (exact) mass is 386 g/mol. The Morgan fingerprint density at radius 1 is 1.33 bits per heavy atom. The maximum Gasteiger partial charge on any atom is 0.0884 e. The zero-order valence-electron chi connectivity index (χ0n) is 14.0. The van der Waals surface area contributed by atoms with Gasteiger partial charge in [-0.3, -0.25) is 4.98 Å². The fraction of sp³-hybridized carbons (Fsp3) is 0.450. The van der Waals surface area contributed by atoms with Crippen LogP contribution in [0.4, 0.5) is 0 Å². The van der Waals surface area contributed by atoms with Crippen molar-refractivity contribution in [2.45, 2.75) is 37.8 Å². The second-order valence-corrected chi connectivity index (χ2v) is 8.09. The van der Waals surface area contributed by atoms with Gasteiger partial charge in [-0.2, -0.15) is 0 Å². The number of rotatable bonds is 3. The minimum Gasteiger partial charge on any atom is -0.376 e. The number of benzene rings is 1. The lowest BCUT2D eigenvalue weighted by molar-refractivity contribution is -0.0290. The van der Waals surface area contributed by atoms with Crippen LogP contribution in [-0.2, 0) is 17.6 Å². The zero-order chi connectivity index (χ0) is 16.6. The molecule has 1 aromatic heterocycles. The Bertz CT molecular complexity index is 735. The van der Waals surface area contributed by atoms with E-state index in [1.54, 1.807) is 0 Å². The highest BCUT2D eigenvalue weighted by atomic mass is 79.9. The minimum atomic E-state index is 0.221. The molecule has 0 radical (unpaired) electrons. The molecule has 4 heteroatoms. The van der Waals surface area contributed by atoms with Crippen LogP contribution in [0, 0.1) is 5.41 Å². The summed E-state index contributed by atoms with van der Waals surface area (Å²) in [4.78, 5) is 4.30. The highest BCUT2D eigenvalue weighted by Gasteiger charge is 2.48. The number of fused-ring (bicyclic) bond motifs is 1. The topological polar surface area (TPSA) is 34.1 Å². The highest BCUT2D eigenvalue weighted by molar-refractivity contribution is 9.10. The Labute approximate surface area is 152 Å². The molecule has 1 spiro atoms. The van der Waals surface area contributed by atoms with Crippen LogP contribution in [-0.4, -0.2) is 24.7 Å². The van der Waals surface area contributed by atoms with Gasteiger partial charge < -0.3 is 10.1 Å². The molecule has 1 N–H and O–H groups in total. The van der Waals surface area contributed by atoms with Gasteiger partial charge in [0.05, 0.1) is 6.10 Å². The molecule has 1 unspecified atom stereocenters. The molecule has 2 aromatic rings. The lowest BCUT2D eigenvalue weighted by Crippen LogP contribution is -2.47. The first-order valence-electron chi connectivity index (χ1n) is 8.64. The lowest BCUT2D eigenvalue weighted by Gasteiger charge is -2.42. The van der Waals surface area contributed by atoms with Crippen molar-refractivity contribution in [3.05, 3.63) is 63.9 Å². The zero-order valence-corrected chi connectivity index (χ0v) is 15.6. The summed E-state index contributed by atoms with van der Waals surface area (Å²) in [6.45, 7) is 1.06. The molecule has 1 aliphatic heterocycles. The van der Waals surface area contributed by atoms with Gasteiger partial charge in [-0.25, -0.2) is 0 Å². The molecular weight excluding hydrogens is 364 g/mol. The number of halogens is 1. The molecule has 3 nitrogen and oxygen atoms in total. The number of hydrogen-bond acceptors (Lipinski definition) is 3. The Kier molecular flexibility index (Phi) is 4.46. The molecular formula is C20H23BrN2O. The number of methoxy groups -OCH3 is 1. The molecule has 2 aliphatic rings. The average Bonchev–Trinajstić information content (AvgIpc) is 2.87. The summed E-state index contributed by atoms with van der Waals surface area (Å²) in [7, 11) is 1.86. The van der Waals surface area contributed by atoms with E-state index in [1.807, 2.05) is 19.5 Å². The van der Waals surface area contributed by atoms with Gasteiger partial charge in [0, 0.05) is 35.4 Å². The lowest BCUT2D eigenvalue weighted by atomic mass is 9.71. The quantitative estimate of drug-likeness (QED) is 0.862. The molecule has 0 saturated carbocycles. The van der Waals surface area contributed by atoms with E-state index in [-0.39, 0.29) is 11.5 Å². The van der Waals surface area contributed by atoms with Crippen molar-refractivity contribution in [1.29, 1.82) is 0 Å². The van der Waals surface area contributed by atoms with Gasteiger partial charge >= 0.3 is 0 Å². The predicted molar refractivity (Wildman–Crippen MR) is 99.0 cm³/mol. The van der Waals surface area contributed by atoms with E-state index < -0.39 is 0 Å². The summed E-state index contributed by atoms with van der Waals surface area (Å²) in [6.07, 6.45) is 8.51. The second-order valence-electron chi connectivity index (χ2n) is 7.17. The van der Waals surface area contributed by atoms with Crippen molar-refractivity contribution in [1.82, 2.24) is 10.3 Å². The number of aromatic nitrogens is 1. The highest BCUT2D eigenvalue weighted by Crippen LogP contribution is 2.53. The van der Waals surface area contributed by atoms with Crippen molar-refractivity contribution in [3.63, 3.8) is 0 Å². The van der Waals surface area contributed by atoms with E-state index >= 15 is 0 Å². The fourth-order valence-electron chi connectivity index (χ4n) is 4.72. The molecule has 0 amide bonds. The maximum atomic E-state index is 6.00. The molecule has 1 aliphatic carbocycles. The van der Waals surface area contributed by atoms with E-state index in [1.165, 1.54) is 23.1 Å².